The van der Waals surface area contributed by atoms with E-state index in [0.717, 1.165) is 38.8 Å². The van der Waals surface area contributed by atoms with Gasteiger partial charge in [-0.25, -0.2) is 0 Å². The first-order chi connectivity index (χ1) is 8.57. The van der Waals surface area contributed by atoms with Gasteiger partial charge in [0.25, 0.3) is 0 Å². The highest BCUT2D eigenvalue weighted by Crippen LogP contribution is 1.98. The Morgan fingerprint density at radius 3 is 2.06 bits per heavy atom. The van der Waals surface area contributed by atoms with Gasteiger partial charge in [0.2, 0.25) is 11.8 Å². The van der Waals surface area contributed by atoms with Crippen molar-refractivity contribution in [2.45, 2.75) is 46.5 Å². The van der Waals surface area contributed by atoms with Crippen molar-refractivity contribution in [2.75, 3.05) is 13.1 Å². The zero-order valence-electron chi connectivity index (χ0n) is 11.8. The normalized spacial score (nSPS) is 10.9. The second kappa shape index (κ2) is 10.8. The van der Waals surface area contributed by atoms with E-state index in [9.17, 15) is 9.59 Å². The summed E-state index contributed by atoms with van der Waals surface area (Å²) >= 11 is 0. The third kappa shape index (κ3) is 9.87. The van der Waals surface area contributed by atoms with Gasteiger partial charge >= 0.3 is 0 Å². The van der Waals surface area contributed by atoms with Gasteiger partial charge in [0.15, 0.2) is 0 Å². The minimum absolute atomic E-state index is 0.0262. The molecule has 0 rings (SSSR count). The molecular formula is C14H26N2O2. The van der Waals surface area contributed by atoms with Gasteiger partial charge in [-0.1, -0.05) is 32.8 Å². The first kappa shape index (κ1) is 16.7. The minimum atomic E-state index is -0.0262. The van der Waals surface area contributed by atoms with Crippen molar-refractivity contribution >= 4 is 11.8 Å². The van der Waals surface area contributed by atoms with Crippen molar-refractivity contribution in [3.63, 3.8) is 0 Å². The van der Waals surface area contributed by atoms with Crippen LogP contribution in [0.4, 0.5) is 0 Å². The van der Waals surface area contributed by atoms with E-state index in [-0.39, 0.29) is 17.7 Å². The molecule has 0 heterocycles. The average Bonchev–Trinajstić information content (AvgIpc) is 2.32. The lowest BCUT2D eigenvalue weighted by molar-refractivity contribution is -0.124. The van der Waals surface area contributed by atoms with E-state index in [4.69, 9.17) is 0 Å². The number of hydrogen-bond acceptors (Lipinski definition) is 2. The van der Waals surface area contributed by atoms with Crippen LogP contribution in [0.1, 0.15) is 46.5 Å². The number of rotatable bonds is 9. The van der Waals surface area contributed by atoms with Crippen LogP contribution >= 0.6 is 0 Å². The van der Waals surface area contributed by atoms with E-state index >= 15 is 0 Å². The SMILES string of the molecule is C/C=C/C(=O)NCCCCCCNC(=O)C(C)C. The summed E-state index contributed by atoms with van der Waals surface area (Å²) in [5.74, 6) is 0.155. The van der Waals surface area contributed by atoms with Crippen LogP contribution in [0.25, 0.3) is 0 Å². The monoisotopic (exact) mass is 254 g/mol. The number of unbranched alkanes of at least 4 members (excludes halogenated alkanes) is 3. The molecule has 0 saturated heterocycles. The van der Waals surface area contributed by atoms with Gasteiger partial charge in [0.1, 0.15) is 0 Å². The Balaban J connectivity index is 3.26. The molecule has 0 aromatic rings. The molecule has 0 unspecified atom stereocenters. The van der Waals surface area contributed by atoms with Crippen LogP contribution in [-0.4, -0.2) is 24.9 Å². The number of carbonyl (C=O) groups is 2. The Morgan fingerprint density at radius 1 is 1.00 bits per heavy atom. The molecule has 0 aromatic carbocycles. The molecule has 4 heteroatoms. The van der Waals surface area contributed by atoms with Gasteiger partial charge < -0.3 is 10.6 Å². The minimum Gasteiger partial charge on any atom is -0.356 e. The maximum absolute atomic E-state index is 11.2. The van der Waals surface area contributed by atoms with Gasteiger partial charge in [-0.15, -0.1) is 0 Å². The molecule has 0 aromatic heterocycles. The molecule has 0 aliphatic rings. The lowest BCUT2D eigenvalue weighted by atomic mass is 10.1. The van der Waals surface area contributed by atoms with Gasteiger partial charge in [-0.2, -0.15) is 0 Å². The van der Waals surface area contributed by atoms with Crippen LogP contribution in [0.3, 0.4) is 0 Å². The lowest BCUT2D eigenvalue weighted by Crippen LogP contribution is -2.28. The van der Waals surface area contributed by atoms with E-state index in [1.807, 2.05) is 20.8 Å². The highest BCUT2D eigenvalue weighted by atomic mass is 16.2. The lowest BCUT2D eigenvalue weighted by Gasteiger charge is -2.07. The summed E-state index contributed by atoms with van der Waals surface area (Å²) in [4.78, 5) is 22.3. The van der Waals surface area contributed by atoms with Gasteiger partial charge in [0, 0.05) is 19.0 Å². The van der Waals surface area contributed by atoms with Crippen LogP contribution in [0.15, 0.2) is 12.2 Å². The number of amides is 2. The zero-order valence-corrected chi connectivity index (χ0v) is 11.8. The molecule has 4 nitrogen and oxygen atoms in total. The van der Waals surface area contributed by atoms with Crippen LogP contribution in [-0.2, 0) is 9.59 Å². The Morgan fingerprint density at radius 2 is 1.56 bits per heavy atom. The number of allylic oxidation sites excluding steroid dienone is 1. The van der Waals surface area contributed by atoms with Gasteiger partial charge in [0.05, 0.1) is 0 Å². The number of carbonyl (C=O) groups excluding carboxylic acids is 2. The number of nitrogens with one attached hydrogen (secondary N) is 2. The van der Waals surface area contributed by atoms with Crippen molar-refractivity contribution in [1.82, 2.24) is 10.6 Å². The Bertz CT molecular complexity index is 273. The van der Waals surface area contributed by atoms with Crippen molar-refractivity contribution in [2.24, 2.45) is 5.92 Å². The Kier molecular flexibility index (Phi) is 10.0. The molecular weight excluding hydrogens is 228 g/mol. The van der Waals surface area contributed by atoms with E-state index in [1.54, 1.807) is 6.08 Å². The third-order valence-corrected chi connectivity index (χ3v) is 2.54. The van der Waals surface area contributed by atoms with Gasteiger partial charge in [-0.05, 0) is 25.8 Å². The zero-order chi connectivity index (χ0) is 13.8. The Hall–Kier alpha value is -1.32. The molecule has 2 amide bonds. The first-order valence-electron chi connectivity index (χ1n) is 6.76. The maximum atomic E-state index is 11.2. The van der Waals surface area contributed by atoms with Crippen LogP contribution in [0.2, 0.25) is 0 Å². The predicted octanol–water partition coefficient (Wildman–Crippen LogP) is 2.01. The summed E-state index contributed by atoms with van der Waals surface area (Å²) < 4.78 is 0. The van der Waals surface area contributed by atoms with Crippen molar-refractivity contribution in [1.29, 1.82) is 0 Å². The highest BCUT2D eigenvalue weighted by Gasteiger charge is 2.04. The second-order valence-electron chi connectivity index (χ2n) is 4.65. The molecule has 0 saturated carbocycles. The van der Waals surface area contributed by atoms with Crippen molar-refractivity contribution in [3.05, 3.63) is 12.2 Å². The molecule has 18 heavy (non-hydrogen) atoms. The molecule has 0 fully saturated rings. The summed E-state index contributed by atoms with van der Waals surface area (Å²) in [6.45, 7) is 7.08. The summed E-state index contributed by atoms with van der Waals surface area (Å²) in [7, 11) is 0. The van der Waals surface area contributed by atoms with E-state index in [0.29, 0.717) is 0 Å². The fourth-order valence-electron chi connectivity index (χ4n) is 1.44. The predicted molar refractivity (Wildman–Crippen MR) is 74.1 cm³/mol. The summed E-state index contributed by atoms with van der Waals surface area (Å²) in [5, 5.41) is 5.70. The largest absolute Gasteiger partial charge is 0.356 e. The standard InChI is InChI=1S/C14H26N2O2/c1-4-9-13(17)15-10-7-5-6-8-11-16-14(18)12(2)3/h4,9,12H,5-8,10-11H2,1-3H3,(H,15,17)(H,16,18)/b9-4+. The van der Waals surface area contributed by atoms with Crippen LogP contribution < -0.4 is 10.6 Å². The van der Waals surface area contributed by atoms with Crippen LogP contribution in [0.5, 0.6) is 0 Å². The molecule has 0 atom stereocenters. The molecule has 0 aliphatic heterocycles. The third-order valence-electron chi connectivity index (χ3n) is 2.54. The molecule has 0 bridgehead atoms. The smallest absolute Gasteiger partial charge is 0.243 e. The van der Waals surface area contributed by atoms with Crippen LogP contribution in [0, 0.1) is 5.92 Å². The summed E-state index contributed by atoms with van der Waals surface area (Å²) in [6, 6.07) is 0. The number of hydrogen-bond donors (Lipinski definition) is 2. The first-order valence-corrected chi connectivity index (χ1v) is 6.76. The summed E-state index contributed by atoms with van der Waals surface area (Å²) in [5.41, 5.74) is 0. The summed E-state index contributed by atoms with van der Waals surface area (Å²) in [6.07, 6.45) is 7.41. The average molecular weight is 254 g/mol. The molecule has 0 aliphatic carbocycles. The van der Waals surface area contributed by atoms with Gasteiger partial charge in [-0.3, -0.25) is 9.59 Å². The van der Waals surface area contributed by atoms with E-state index < -0.39 is 0 Å². The molecule has 0 radical (unpaired) electrons. The Labute approximate surface area is 110 Å². The molecule has 104 valence electrons. The fourth-order valence-corrected chi connectivity index (χ4v) is 1.44. The topological polar surface area (TPSA) is 58.2 Å². The fraction of sp³-hybridized carbons (Fsp3) is 0.714. The molecule has 2 N–H and O–H groups in total. The maximum Gasteiger partial charge on any atom is 0.243 e. The van der Waals surface area contributed by atoms with Crippen molar-refractivity contribution < 1.29 is 9.59 Å². The second-order valence-corrected chi connectivity index (χ2v) is 4.65. The van der Waals surface area contributed by atoms with Crippen molar-refractivity contribution in [3.8, 4) is 0 Å². The van der Waals surface area contributed by atoms with E-state index in [1.165, 1.54) is 6.08 Å². The quantitative estimate of drug-likeness (QED) is 0.488. The molecule has 0 spiro atoms. The highest BCUT2D eigenvalue weighted by molar-refractivity contribution is 5.87. The van der Waals surface area contributed by atoms with E-state index in [2.05, 4.69) is 10.6 Å².